The van der Waals surface area contributed by atoms with Crippen LogP contribution in [0.4, 0.5) is 0 Å². The van der Waals surface area contributed by atoms with Crippen molar-refractivity contribution in [1.29, 1.82) is 0 Å². The number of hydrogen-bond acceptors (Lipinski definition) is 4. The summed E-state index contributed by atoms with van der Waals surface area (Å²) < 4.78 is 0. The Hall–Kier alpha value is -0.450. The van der Waals surface area contributed by atoms with Crippen molar-refractivity contribution in [2.45, 2.75) is 32.1 Å². The van der Waals surface area contributed by atoms with Gasteiger partial charge in [0.25, 0.3) is 0 Å². The van der Waals surface area contributed by atoms with Crippen molar-refractivity contribution in [1.82, 2.24) is 4.98 Å². The van der Waals surface area contributed by atoms with E-state index in [1.54, 1.807) is 11.3 Å². The van der Waals surface area contributed by atoms with Gasteiger partial charge in [-0.25, -0.2) is 4.98 Å². The topological polar surface area (TPSA) is 59.1 Å². The van der Waals surface area contributed by atoms with E-state index in [9.17, 15) is 0 Å². The van der Waals surface area contributed by atoms with Crippen LogP contribution in [0.5, 0.6) is 0 Å². The third kappa shape index (κ3) is 2.77. The first-order valence-corrected chi connectivity index (χ1v) is 5.74. The van der Waals surface area contributed by atoms with Gasteiger partial charge in [0.1, 0.15) is 0 Å². The minimum absolute atomic E-state index is 0.0216. The number of nitrogens with two attached hydrogens (primary N) is 1. The summed E-state index contributed by atoms with van der Waals surface area (Å²) in [6.45, 7) is 5.06. The van der Waals surface area contributed by atoms with Crippen molar-refractivity contribution in [3.63, 3.8) is 0 Å². The van der Waals surface area contributed by atoms with Crippen LogP contribution in [0.1, 0.15) is 31.0 Å². The van der Waals surface area contributed by atoms with Gasteiger partial charge in [0.2, 0.25) is 0 Å². The predicted octanol–water partition coefficient (Wildman–Crippen LogP) is 1.30. The molecular formula is C10H18N2OS. The molecule has 0 amide bonds. The lowest BCUT2D eigenvalue weighted by atomic mass is 9.91. The van der Waals surface area contributed by atoms with Gasteiger partial charge in [-0.05, 0) is 13.0 Å². The second-order valence-corrected chi connectivity index (χ2v) is 4.90. The van der Waals surface area contributed by atoms with Gasteiger partial charge in [0, 0.05) is 23.8 Å². The summed E-state index contributed by atoms with van der Waals surface area (Å²) in [5.74, 6) is 0. The van der Waals surface area contributed by atoms with Crippen LogP contribution < -0.4 is 5.73 Å². The first kappa shape index (κ1) is 11.6. The van der Waals surface area contributed by atoms with Gasteiger partial charge < -0.3 is 10.8 Å². The summed E-state index contributed by atoms with van der Waals surface area (Å²) in [4.78, 5) is 4.52. The Balaban J connectivity index is 2.74. The van der Waals surface area contributed by atoms with Crippen LogP contribution in [0.2, 0.25) is 0 Å². The van der Waals surface area contributed by atoms with E-state index in [0.29, 0.717) is 6.54 Å². The van der Waals surface area contributed by atoms with E-state index >= 15 is 0 Å². The van der Waals surface area contributed by atoms with Crippen molar-refractivity contribution in [2.24, 2.45) is 5.73 Å². The van der Waals surface area contributed by atoms with E-state index in [-0.39, 0.29) is 12.0 Å². The Morgan fingerprint density at radius 2 is 2.29 bits per heavy atom. The number of hydrogen-bond donors (Lipinski definition) is 2. The Morgan fingerprint density at radius 1 is 1.57 bits per heavy atom. The van der Waals surface area contributed by atoms with Crippen molar-refractivity contribution >= 4 is 11.3 Å². The van der Waals surface area contributed by atoms with Crippen LogP contribution in [0.3, 0.4) is 0 Å². The SMILES string of the molecule is CC(C)(CCO)c1nc(CCN)cs1. The first-order chi connectivity index (χ1) is 6.60. The van der Waals surface area contributed by atoms with E-state index in [0.717, 1.165) is 23.5 Å². The molecule has 0 spiro atoms. The molecule has 1 aromatic heterocycles. The fraction of sp³-hybridized carbons (Fsp3) is 0.700. The molecule has 3 N–H and O–H groups in total. The molecule has 0 atom stereocenters. The van der Waals surface area contributed by atoms with Gasteiger partial charge >= 0.3 is 0 Å². The zero-order valence-electron chi connectivity index (χ0n) is 8.79. The molecule has 0 aliphatic rings. The smallest absolute Gasteiger partial charge is 0.0985 e. The number of aliphatic hydroxyl groups excluding tert-OH is 1. The molecule has 14 heavy (non-hydrogen) atoms. The summed E-state index contributed by atoms with van der Waals surface area (Å²) >= 11 is 1.66. The largest absolute Gasteiger partial charge is 0.396 e. The van der Waals surface area contributed by atoms with Crippen LogP contribution >= 0.6 is 11.3 Å². The lowest BCUT2D eigenvalue weighted by Gasteiger charge is -2.20. The summed E-state index contributed by atoms with van der Waals surface area (Å²) in [5, 5.41) is 12.1. The lowest BCUT2D eigenvalue weighted by molar-refractivity contribution is 0.252. The van der Waals surface area contributed by atoms with Gasteiger partial charge in [0.05, 0.1) is 10.7 Å². The summed E-state index contributed by atoms with van der Waals surface area (Å²) in [6, 6.07) is 0. The molecule has 0 radical (unpaired) electrons. The number of aliphatic hydroxyl groups is 1. The summed E-state index contributed by atoms with van der Waals surface area (Å²) in [6.07, 6.45) is 1.59. The summed E-state index contributed by atoms with van der Waals surface area (Å²) in [7, 11) is 0. The van der Waals surface area contributed by atoms with Crippen LogP contribution in [0, 0.1) is 0 Å². The third-order valence-electron chi connectivity index (χ3n) is 2.27. The Labute approximate surface area is 89.0 Å². The fourth-order valence-corrected chi connectivity index (χ4v) is 2.28. The van der Waals surface area contributed by atoms with Crippen LogP contribution in [-0.2, 0) is 11.8 Å². The highest BCUT2D eigenvalue weighted by Crippen LogP contribution is 2.29. The maximum atomic E-state index is 8.93. The molecule has 4 heteroatoms. The van der Waals surface area contributed by atoms with Gasteiger partial charge in [-0.1, -0.05) is 13.8 Å². The Kier molecular flexibility index (Phi) is 4.04. The molecule has 0 aliphatic heterocycles. The highest BCUT2D eigenvalue weighted by atomic mass is 32.1. The quantitative estimate of drug-likeness (QED) is 0.777. The summed E-state index contributed by atoms with van der Waals surface area (Å²) in [5.41, 5.74) is 6.51. The second kappa shape index (κ2) is 4.87. The van der Waals surface area contributed by atoms with Crippen molar-refractivity contribution < 1.29 is 5.11 Å². The normalized spacial score (nSPS) is 12.0. The van der Waals surface area contributed by atoms with E-state index in [2.05, 4.69) is 24.2 Å². The number of rotatable bonds is 5. The van der Waals surface area contributed by atoms with E-state index in [1.165, 1.54) is 0 Å². The van der Waals surface area contributed by atoms with Crippen LogP contribution in [-0.4, -0.2) is 23.2 Å². The molecule has 1 rings (SSSR count). The molecule has 1 heterocycles. The average molecular weight is 214 g/mol. The molecule has 0 bridgehead atoms. The number of nitrogens with zero attached hydrogens (tertiary/aromatic N) is 1. The molecule has 80 valence electrons. The second-order valence-electron chi connectivity index (χ2n) is 4.04. The van der Waals surface area contributed by atoms with Crippen LogP contribution in [0.15, 0.2) is 5.38 Å². The minimum atomic E-state index is -0.0216. The van der Waals surface area contributed by atoms with Crippen molar-refractivity contribution in [2.75, 3.05) is 13.2 Å². The minimum Gasteiger partial charge on any atom is -0.396 e. The zero-order chi connectivity index (χ0) is 10.6. The average Bonchev–Trinajstić information content (AvgIpc) is 2.54. The van der Waals surface area contributed by atoms with Gasteiger partial charge in [-0.3, -0.25) is 0 Å². The van der Waals surface area contributed by atoms with Crippen LogP contribution in [0.25, 0.3) is 0 Å². The van der Waals surface area contributed by atoms with E-state index < -0.39 is 0 Å². The van der Waals surface area contributed by atoms with Crippen molar-refractivity contribution in [3.8, 4) is 0 Å². The molecule has 0 unspecified atom stereocenters. The fourth-order valence-electron chi connectivity index (χ4n) is 1.27. The molecular weight excluding hydrogens is 196 g/mol. The predicted molar refractivity (Wildman–Crippen MR) is 59.6 cm³/mol. The van der Waals surface area contributed by atoms with E-state index in [1.807, 2.05) is 0 Å². The molecule has 1 aromatic rings. The maximum Gasteiger partial charge on any atom is 0.0985 e. The van der Waals surface area contributed by atoms with Gasteiger partial charge in [-0.2, -0.15) is 0 Å². The standard InChI is InChI=1S/C10H18N2OS/c1-10(2,4-6-13)9-12-8(3-5-11)7-14-9/h7,13H,3-6,11H2,1-2H3. The third-order valence-corrected chi connectivity index (χ3v) is 3.53. The molecule has 0 fully saturated rings. The monoisotopic (exact) mass is 214 g/mol. The first-order valence-electron chi connectivity index (χ1n) is 4.86. The Morgan fingerprint density at radius 3 is 2.86 bits per heavy atom. The van der Waals surface area contributed by atoms with Crippen molar-refractivity contribution in [3.05, 3.63) is 16.1 Å². The molecule has 3 nitrogen and oxygen atoms in total. The highest BCUT2D eigenvalue weighted by molar-refractivity contribution is 7.09. The van der Waals surface area contributed by atoms with E-state index in [4.69, 9.17) is 10.8 Å². The number of thiazole rings is 1. The van der Waals surface area contributed by atoms with Gasteiger partial charge in [-0.15, -0.1) is 11.3 Å². The molecule has 0 saturated heterocycles. The molecule has 0 saturated carbocycles. The zero-order valence-corrected chi connectivity index (χ0v) is 9.60. The maximum absolute atomic E-state index is 8.93. The highest BCUT2D eigenvalue weighted by Gasteiger charge is 2.23. The number of aromatic nitrogens is 1. The van der Waals surface area contributed by atoms with Gasteiger partial charge in [0.15, 0.2) is 0 Å². The lowest BCUT2D eigenvalue weighted by Crippen LogP contribution is -2.18. The molecule has 0 aliphatic carbocycles. The Bertz CT molecular complexity index is 283. The molecule has 0 aromatic carbocycles.